The SMILES string of the molecule is C/C(=C\CNc1nncc2c1ncn2C1O[C@H](CO)[C@H](O)[C@@H]1O)CO. The molecule has 1 aliphatic rings. The molecule has 0 radical (unpaired) electrons. The Hall–Kier alpha value is -2.11. The summed E-state index contributed by atoms with van der Waals surface area (Å²) in [6.45, 7) is 1.84. The number of hydrogen-bond acceptors (Lipinski definition) is 9. The number of rotatable bonds is 6. The van der Waals surface area contributed by atoms with Crippen LogP contribution < -0.4 is 5.32 Å². The average Bonchev–Trinajstić information content (AvgIpc) is 3.17. The van der Waals surface area contributed by atoms with Gasteiger partial charge in [-0.05, 0) is 6.92 Å². The minimum atomic E-state index is -1.20. The zero-order valence-electron chi connectivity index (χ0n) is 13.6. The van der Waals surface area contributed by atoms with E-state index in [4.69, 9.17) is 9.84 Å². The summed E-state index contributed by atoms with van der Waals surface area (Å²) < 4.78 is 7.07. The molecule has 0 amide bonds. The molecule has 2 aromatic rings. The number of aromatic nitrogens is 4. The Morgan fingerprint density at radius 1 is 1.36 bits per heavy atom. The number of anilines is 1. The molecule has 10 nitrogen and oxygen atoms in total. The van der Waals surface area contributed by atoms with Crippen molar-refractivity contribution >= 4 is 16.9 Å². The molecule has 2 aromatic heterocycles. The van der Waals surface area contributed by atoms with Gasteiger partial charge in [-0.25, -0.2) is 4.98 Å². The highest BCUT2D eigenvalue weighted by atomic mass is 16.6. The maximum Gasteiger partial charge on any atom is 0.177 e. The van der Waals surface area contributed by atoms with Crippen molar-refractivity contribution in [2.75, 3.05) is 25.1 Å². The van der Waals surface area contributed by atoms with Gasteiger partial charge in [0.25, 0.3) is 0 Å². The molecule has 3 rings (SSSR count). The molecule has 0 saturated carbocycles. The fraction of sp³-hybridized carbons (Fsp3) is 0.533. The number of aliphatic hydroxyl groups is 4. The van der Waals surface area contributed by atoms with Crippen molar-refractivity contribution in [3.05, 3.63) is 24.2 Å². The number of nitrogens with one attached hydrogen (secondary N) is 1. The van der Waals surface area contributed by atoms with Crippen molar-refractivity contribution in [1.29, 1.82) is 0 Å². The molecule has 3 heterocycles. The van der Waals surface area contributed by atoms with Crippen LogP contribution in [0, 0.1) is 0 Å². The van der Waals surface area contributed by atoms with Crippen molar-refractivity contribution in [1.82, 2.24) is 19.7 Å². The lowest BCUT2D eigenvalue weighted by Gasteiger charge is -2.16. The number of nitrogens with zero attached hydrogens (tertiary/aromatic N) is 4. The van der Waals surface area contributed by atoms with E-state index in [0.29, 0.717) is 23.4 Å². The smallest absolute Gasteiger partial charge is 0.177 e. The maximum atomic E-state index is 10.2. The molecule has 1 fully saturated rings. The van der Waals surface area contributed by atoms with E-state index < -0.39 is 31.1 Å². The predicted molar refractivity (Wildman–Crippen MR) is 87.7 cm³/mol. The normalized spacial score (nSPS) is 27.2. The van der Waals surface area contributed by atoms with Gasteiger partial charge in [0.05, 0.1) is 31.3 Å². The number of ether oxygens (including phenoxy) is 1. The summed E-state index contributed by atoms with van der Waals surface area (Å²) in [6.07, 6.45) is 0.637. The highest BCUT2D eigenvalue weighted by Crippen LogP contribution is 2.32. The van der Waals surface area contributed by atoms with Gasteiger partial charge >= 0.3 is 0 Å². The zero-order chi connectivity index (χ0) is 18.0. The van der Waals surface area contributed by atoms with Crippen LogP contribution in [0.5, 0.6) is 0 Å². The third-order valence-electron chi connectivity index (χ3n) is 4.15. The van der Waals surface area contributed by atoms with Crippen LogP contribution in [0.4, 0.5) is 5.82 Å². The quantitative estimate of drug-likeness (QED) is 0.404. The third kappa shape index (κ3) is 3.34. The molecule has 25 heavy (non-hydrogen) atoms. The first kappa shape index (κ1) is 17.7. The molecule has 0 aliphatic carbocycles. The average molecular weight is 351 g/mol. The van der Waals surface area contributed by atoms with E-state index in [1.165, 1.54) is 12.5 Å². The first-order chi connectivity index (χ1) is 12.1. The highest BCUT2D eigenvalue weighted by Gasteiger charge is 2.43. The third-order valence-corrected chi connectivity index (χ3v) is 4.15. The predicted octanol–water partition coefficient (Wildman–Crippen LogP) is -1.21. The van der Waals surface area contributed by atoms with Crippen molar-refractivity contribution in [3.63, 3.8) is 0 Å². The van der Waals surface area contributed by atoms with E-state index in [-0.39, 0.29) is 6.61 Å². The monoisotopic (exact) mass is 351 g/mol. The van der Waals surface area contributed by atoms with Crippen molar-refractivity contribution in [3.8, 4) is 0 Å². The Balaban J connectivity index is 1.86. The molecule has 0 bridgehead atoms. The summed E-state index contributed by atoms with van der Waals surface area (Å²) in [6, 6.07) is 0. The van der Waals surface area contributed by atoms with Crippen molar-refractivity contribution < 1.29 is 25.2 Å². The van der Waals surface area contributed by atoms with Gasteiger partial charge in [0.1, 0.15) is 23.8 Å². The molecule has 5 N–H and O–H groups in total. The van der Waals surface area contributed by atoms with E-state index in [2.05, 4.69) is 20.5 Å². The van der Waals surface area contributed by atoms with E-state index in [9.17, 15) is 15.3 Å². The molecule has 136 valence electrons. The Morgan fingerprint density at radius 2 is 2.16 bits per heavy atom. The van der Waals surface area contributed by atoms with Gasteiger partial charge < -0.3 is 30.5 Å². The summed E-state index contributed by atoms with van der Waals surface area (Å²) >= 11 is 0. The molecule has 10 heteroatoms. The minimum absolute atomic E-state index is 0.0164. The van der Waals surface area contributed by atoms with E-state index in [0.717, 1.165) is 5.57 Å². The summed E-state index contributed by atoms with van der Waals surface area (Å²) in [4.78, 5) is 4.28. The van der Waals surface area contributed by atoms with Crippen LogP contribution in [-0.2, 0) is 4.74 Å². The topological polar surface area (TPSA) is 146 Å². The summed E-state index contributed by atoms with van der Waals surface area (Å²) in [7, 11) is 0. The van der Waals surface area contributed by atoms with Gasteiger partial charge in [0, 0.05) is 6.54 Å². The molecule has 1 aliphatic heterocycles. The second-order valence-corrected chi connectivity index (χ2v) is 5.90. The Kier molecular flexibility index (Phi) is 5.25. The van der Waals surface area contributed by atoms with E-state index in [1.807, 2.05) is 13.0 Å². The summed E-state index contributed by atoms with van der Waals surface area (Å²) in [5, 5.41) is 49.3. The second-order valence-electron chi connectivity index (χ2n) is 5.90. The van der Waals surface area contributed by atoms with Crippen LogP contribution in [-0.4, -0.2) is 78.2 Å². The van der Waals surface area contributed by atoms with E-state index in [1.54, 1.807) is 4.57 Å². The first-order valence-corrected chi connectivity index (χ1v) is 7.87. The number of hydrogen-bond donors (Lipinski definition) is 5. The lowest BCUT2D eigenvalue weighted by Crippen LogP contribution is -2.33. The van der Waals surface area contributed by atoms with Gasteiger partial charge in [-0.2, -0.15) is 5.10 Å². The molecule has 1 saturated heterocycles. The highest BCUT2D eigenvalue weighted by molar-refractivity contribution is 5.85. The number of aliphatic hydroxyl groups excluding tert-OH is 4. The Labute approximate surface area is 143 Å². The minimum Gasteiger partial charge on any atom is -0.394 e. The molecular weight excluding hydrogens is 330 g/mol. The Bertz CT molecular complexity index is 764. The fourth-order valence-electron chi connectivity index (χ4n) is 2.69. The van der Waals surface area contributed by atoms with Gasteiger partial charge in [-0.3, -0.25) is 4.57 Å². The van der Waals surface area contributed by atoms with Crippen LogP contribution >= 0.6 is 0 Å². The van der Waals surface area contributed by atoms with Gasteiger partial charge in [-0.1, -0.05) is 11.6 Å². The molecule has 0 spiro atoms. The van der Waals surface area contributed by atoms with Gasteiger partial charge in [0.2, 0.25) is 0 Å². The molecular formula is C15H21N5O5. The van der Waals surface area contributed by atoms with E-state index >= 15 is 0 Å². The standard InChI is InChI=1S/C15H21N5O5/c1-8(5-21)2-3-16-14-11-9(4-18-19-14)20(7-17-11)15-13(24)12(23)10(6-22)25-15/h2,4,7,10,12-13,15,21-24H,3,5-6H2,1H3,(H,16,19)/b8-2+/t10-,12+,13+,15?/m1/s1. The fourth-order valence-corrected chi connectivity index (χ4v) is 2.69. The second kappa shape index (κ2) is 7.42. The number of imidazole rings is 1. The van der Waals surface area contributed by atoms with Crippen LogP contribution in [0.2, 0.25) is 0 Å². The molecule has 0 aromatic carbocycles. The zero-order valence-corrected chi connectivity index (χ0v) is 13.6. The van der Waals surface area contributed by atoms with Crippen LogP contribution in [0.3, 0.4) is 0 Å². The summed E-state index contributed by atoms with van der Waals surface area (Å²) in [5.41, 5.74) is 1.92. The van der Waals surface area contributed by atoms with Crippen LogP contribution in [0.15, 0.2) is 24.2 Å². The first-order valence-electron chi connectivity index (χ1n) is 7.87. The van der Waals surface area contributed by atoms with Crippen LogP contribution in [0.1, 0.15) is 13.2 Å². The lowest BCUT2D eigenvalue weighted by molar-refractivity contribution is -0.0509. The number of fused-ring (bicyclic) bond motifs is 1. The van der Waals surface area contributed by atoms with Crippen molar-refractivity contribution in [2.45, 2.75) is 31.5 Å². The molecule has 4 atom stereocenters. The summed E-state index contributed by atoms with van der Waals surface area (Å²) in [5.74, 6) is 0.449. The van der Waals surface area contributed by atoms with Gasteiger partial charge in [-0.15, -0.1) is 5.10 Å². The largest absolute Gasteiger partial charge is 0.394 e. The Morgan fingerprint density at radius 3 is 2.84 bits per heavy atom. The van der Waals surface area contributed by atoms with Crippen molar-refractivity contribution in [2.24, 2.45) is 0 Å². The van der Waals surface area contributed by atoms with Crippen LogP contribution in [0.25, 0.3) is 11.0 Å². The maximum absolute atomic E-state index is 10.2. The lowest BCUT2D eigenvalue weighted by atomic mass is 10.1. The molecule has 1 unspecified atom stereocenters. The van der Waals surface area contributed by atoms with Gasteiger partial charge in [0.15, 0.2) is 12.0 Å².